The number of ether oxygens (including phenoxy) is 4. The molecule has 1 N–H and O–H groups in total. The van der Waals surface area contributed by atoms with Gasteiger partial charge in [0.1, 0.15) is 29.7 Å². The van der Waals surface area contributed by atoms with Gasteiger partial charge in [-0.25, -0.2) is 14.8 Å². The van der Waals surface area contributed by atoms with Crippen molar-refractivity contribution in [1.82, 2.24) is 9.97 Å². The van der Waals surface area contributed by atoms with Gasteiger partial charge in [-0.2, -0.15) is 0 Å². The largest absolute Gasteiger partial charge is 0.498 e. The molecule has 0 spiro atoms. The average molecular weight is 433 g/mol. The van der Waals surface area contributed by atoms with E-state index in [4.69, 9.17) is 18.9 Å². The van der Waals surface area contributed by atoms with Gasteiger partial charge in [-0.15, -0.1) is 0 Å². The number of hydrogen-bond donors (Lipinski definition) is 1. The first kappa shape index (κ1) is 21.3. The van der Waals surface area contributed by atoms with Crippen LogP contribution in [0.25, 0.3) is 6.08 Å². The first-order valence-corrected chi connectivity index (χ1v) is 10.0. The van der Waals surface area contributed by atoms with E-state index in [-0.39, 0.29) is 12.0 Å². The van der Waals surface area contributed by atoms with Crippen LogP contribution in [0.2, 0.25) is 0 Å². The second kappa shape index (κ2) is 9.49. The molecule has 0 aliphatic heterocycles. The van der Waals surface area contributed by atoms with Crippen molar-refractivity contribution in [3.8, 4) is 17.4 Å². The highest BCUT2D eigenvalue weighted by Crippen LogP contribution is 2.38. The van der Waals surface area contributed by atoms with E-state index in [1.165, 1.54) is 6.33 Å². The lowest BCUT2D eigenvalue weighted by Crippen LogP contribution is -2.27. The number of nitrogens with one attached hydrogen (secondary N) is 1. The number of para-hydroxylation sites is 1. The normalized spacial score (nSPS) is 17.0. The molecule has 3 aromatic rings. The number of anilines is 1. The van der Waals surface area contributed by atoms with Gasteiger partial charge in [0.15, 0.2) is 0 Å². The minimum absolute atomic E-state index is 0.0255. The summed E-state index contributed by atoms with van der Waals surface area (Å²) in [5.41, 5.74) is 2.14. The summed E-state index contributed by atoms with van der Waals surface area (Å²) in [4.78, 5) is 20.8. The quantitative estimate of drug-likeness (QED) is 0.585. The Hall–Kier alpha value is -3.91. The predicted molar refractivity (Wildman–Crippen MR) is 119 cm³/mol. The van der Waals surface area contributed by atoms with Crippen LogP contribution in [0, 0.1) is 0 Å². The van der Waals surface area contributed by atoms with Crippen LogP contribution in [0.1, 0.15) is 24.1 Å². The first-order chi connectivity index (χ1) is 15.6. The summed E-state index contributed by atoms with van der Waals surface area (Å²) >= 11 is 0. The predicted octanol–water partition coefficient (Wildman–Crippen LogP) is 5.00. The number of nitrogens with zero attached hydrogens (tertiary/aromatic N) is 2. The summed E-state index contributed by atoms with van der Waals surface area (Å²) in [5.74, 6) is 2.09. The maximum atomic E-state index is 12.0. The van der Waals surface area contributed by atoms with E-state index in [1.807, 2.05) is 19.1 Å². The van der Waals surface area contributed by atoms with Gasteiger partial charge in [0.2, 0.25) is 5.88 Å². The average Bonchev–Trinajstić information content (AvgIpc) is 2.81. The molecule has 8 nitrogen and oxygen atoms in total. The summed E-state index contributed by atoms with van der Waals surface area (Å²) in [6.07, 6.45) is 2.51. The number of methoxy groups -OCH3 is 2. The molecular weight excluding hydrogens is 410 g/mol. The van der Waals surface area contributed by atoms with E-state index in [1.54, 1.807) is 62.8 Å². The Morgan fingerprint density at radius 1 is 0.969 bits per heavy atom. The van der Waals surface area contributed by atoms with E-state index in [2.05, 4.69) is 15.3 Å². The van der Waals surface area contributed by atoms with Gasteiger partial charge >= 0.3 is 6.09 Å². The molecule has 0 radical (unpaired) electrons. The third-order valence-corrected chi connectivity index (χ3v) is 5.09. The Labute approximate surface area is 185 Å². The molecule has 0 bridgehead atoms. The fourth-order valence-corrected chi connectivity index (χ4v) is 3.54. The zero-order valence-electron chi connectivity index (χ0n) is 17.9. The highest BCUT2D eigenvalue weighted by Gasteiger charge is 2.32. The van der Waals surface area contributed by atoms with Crippen molar-refractivity contribution in [3.63, 3.8) is 0 Å². The number of carbonyl (C=O) groups excluding carboxylic acids is 1. The number of rotatable bonds is 6. The summed E-state index contributed by atoms with van der Waals surface area (Å²) in [5, 5.41) is 2.68. The lowest BCUT2D eigenvalue weighted by Gasteiger charge is -2.29. The van der Waals surface area contributed by atoms with Crippen LogP contribution in [0.4, 0.5) is 10.5 Å². The Kier molecular flexibility index (Phi) is 6.32. The lowest BCUT2D eigenvalue weighted by atomic mass is 9.89. The molecule has 0 fully saturated rings. The third-order valence-electron chi connectivity index (χ3n) is 5.09. The van der Waals surface area contributed by atoms with Crippen LogP contribution in [0.3, 0.4) is 0 Å². The molecular formula is C24H23N3O5. The SMILES string of the molecule is COC1=Cc2c(Oc3ccc(NC(=O)Oc4ccccc4)cc3)ncnc2C(C)C1OC. The number of carbonyl (C=O) groups is 1. The van der Waals surface area contributed by atoms with Crippen LogP contribution in [0.15, 0.2) is 66.7 Å². The highest BCUT2D eigenvalue weighted by molar-refractivity contribution is 5.86. The molecule has 0 saturated heterocycles. The van der Waals surface area contributed by atoms with Gasteiger partial charge in [0, 0.05) is 18.7 Å². The molecule has 1 heterocycles. The molecule has 2 atom stereocenters. The number of aromatic nitrogens is 2. The first-order valence-electron chi connectivity index (χ1n) is 10.0. The molecule has 1 aliphatic rings. The molecule has 8 heteroatoms. The van der Waals surface area contributed by atoms with E-state index in [9.17, 15) is 4.79 Å². The molecule has 2 unspecified atom stereocenters. The maximum absolute atomic E-state index is 12.0. The van der Waals surface area contributed by atoms with Crippen LogP contribution in [-0.2, 0) is 9.47 Å². The van der Waals surface area contributed by atoms with Crippen molar-refractivity contribution in [2.45, 2.75) is 18.9 Å². The third kappa shape index (κ3) is 4.55. The molecule has 4 rings (SSSR count). The number of fused-ring (bicyclic) bond motifs is 1. The lowest BCUT2D eigenvalue weighted by molar-refractivity contribution is 0.0620. The molecule has 32 heavy (non-hydrogen) atoms. The fraction of sp³-hybridized carbons (Fsp3) is 0.208. The Morgan fingerprint density at radius 2 is 1.72 bits per heavy atom. The van der Waals surface area contributed by atoms with Gasteiger partial charge in [-0.1, -0.05) is 25.1 Å². The zero-order chi connectivity index (χ0) is 22.5. The summed E-state index contributed by atoms with van der Waals surface area (Å²) in [7, 11) is 3.25. The molecule has 1 aromatic heterocycles. The van der Waals surface area contributed by atoms with Crippen molar-refractivity contribution in [2.24, 2.45) is 0 Å². The fourth-order valence-electron chi connectivity index (χ4n) is 3.54. The summed E-state index contributed by atoms with van der Waals surface area (Å²) in [6.45, 7) is 2.02. The monoisotopic (exact) mass is 433 g/mol. The van der Waals surface area contributed by atoms with Crippen LogP contribution in [-0.4, -0.2) is 36.4 Å². The standard InChI is InChI=1S/C24H23N3O5/c1-15-21-19(13-20(29-2)22(15)30-3)23(26-14-25-21)31-18-11-9-16(10-12-18)27-24(28)32-17-7-5-4-6-8-17/h4-15,22H,1-3H3,(H,27,28). The van der Waals surface area contributed by atoms with E-state index < -0.39 is 6.09 Å². The van der Waals surface area contributed by atoms with E-state index in [0.717, 1.165) is 11.3 Å². The minimum atomic E-state index is -0.575. The van der Waals surface area contributed by atoms with Crippen molar-refractivity contribution in [2.75, 3.05) is 19.5 Å². The zero-order valence-corrected chi connectivity index (χ0v) is 17.9. The van der Waals surface area contributed by atoms with Crippen molar-refractivity contribution < 1.29 is 23.7 Å². The van der Waals surface area contributed by atoms with Gasteiger partial charge < -0.3 is 18.9 Å². The smallest absolute Gasteiger partial charge is 0.417 e. The van der Waals surface area contributed by atoms with E-state index >= 15 is 0 Å². The highest BCUT2D eigenvalue weighted by atomic mass is 16.6. The molecule has 0 saturated carbocycles. The second-order valence-electron chi connectivity index (χ2n) is 7.13. The van der Waals surface area contributed by atoms with Gasteiger partial charge in [0.25, 0.3) is 0 Å². The van der Waals surface area contributed by atoms with Crippen molar-refractivity contribution in [3.05, 3.63) is 77.9 Å². The minimum Gasteiger partial charge on any atom is -0.498 e. The number of hydrogen-bond acceptors (Lipinski definition) is 7. The topological polar surface area (TPSA) is 91.8 Å². The van der Waals surface area contributed by atoms with Crippen LogP contribution in [0.5, 0.6) is 17.4 Å². The molecule has 1 aliphatic carbocycles. The number of benzene rings is 2. The van der Waals surface area contributed by atoms with Crippen LogP contribution >= 0.6 is 0 Å². The van der Waals surface area contributed by atoms with Crippen LogP contribution < -0.4 is 14.8 Å². The molecule has 2 aromatic carbocycles. The summed E-state index contributed by atoms with van der Waals surface area (Å²) in [6, 6.07) is 15.7. The van der Waals surface area contributed by atoms with Crippen molar-refractivity contribution in [1.29, 1.82) is 0 Å². The Bertz CT molecular complexity index is 1120. The van der Waals surface area contributed by atoms with E-state index in [0.29, 0.717) is 28.8 Å². The molecule has 164 valence electrons. The molecule has 1 amide bonds. The summed E-state index contributed by atoms with van der Waals surface area (Å²) < 4.78 is 22.3. The Balaban J connectivity index is 1.48. The Morgan fingerprint density at radius 3 is 2.41 bits per heavy atom. The van der Waals surface area contributed by atoms with Crippen molar-refractivity contribution >= 4 is 17.9 Å². The second-order valence-corrected chi connectivity index (χ2v) is 7.13. The van der Waals surface area contributed by atoms with Gasteiger partial charge in [-0.05, 0) is 42.5 Å². The number of amides is 1. The van der Waals surface area contributed by atoms with Gasteiger partial charge in [-0.3, -0.25) is 5.32 Å². The maximum Gasteiger partial charge on any atom is 0.417 e. The van der Waals surface area contributed by atoms with Gasteiger partial charge in [0.05, 0.1) is 18.4 Å².